The number of likely N-dealkylation sites (tertiary alicyclic amines) is 1. The van der Waals surface area contributed by atoms with Crippen LogP contribution in [0.1, 0.15) is 24.6 Å². The van der Waals surface area contributed by atoms with Gasteiger partial charge in [0.1, 0.15) is 0 Å². The Labute approximate surface area is 133 Å². The summed E-state index contributed by atoms with van der Waals surface area (Å²) in [6, 6.07) is 11.6. The number of aromatic nitrogens is 1. The van der Waals surface area contributed by atoms with Gasteiger partial charge in [0.15, 0.2) is 11.6 Å². The molecule has 0 radical (unpaired) electrons. The number of rotatable bonds is 5. The second-order valence-electron chi connectivity index (χ2n) is 5.53. The molecule has 120 valence electrons. The summed E-state index contributed by atoms with van der Waals surface area (Å²) in [5, 5.41) is 0. The summed E-state index contributed by atoms with van der Waals surface area (Å²) in [6.45, 7) is 1.03. The van der Waals surface area contributed by atoms with E-state index in [1.54, 1.807) is 24.3 Å². The van der Waals surface area contributed by atoms with Crippen molar-refractivity contribution in [3.63, 3.8) is 0 Å². The minimum atomic E-state index is -0.434. The molecule has 23 heavy (non-hydrogen) atoms. The van der Waals surface area contributed by atoms with Crippen molar-refractivity contribution in [3.8, 4) is 11.6 Å². The van der Waals surface area contributed by atoms with Gasteiger partial charge in [0.2, 0.25) is 11.8 Å². The number of ether oxygens (including phenoxy) is 1. The standard InChI is InChI=1S/C17H18FN3O2/c18-12-5-1-2-8-15(12)23-17-9-3-6-13(20-17)14-7-4-10-21(14)11-16(19)22/h1-3,5-6,8-9,14H,4,7,10-11H2,(H2,19,22). The number of amides is 1. The van der Waals surface area contributed by atoms with Crippen LogP contribution in [0.3, 0.4) is 0 Å². The molecule has 1 fully saturated rings. The van der Waals surface area contributed by atoms with Gasteiger partial charge in [-0.1, -0.05) is 18.2 Å². The molecule has 0 aliphatic carbocycles. The molecule has 6 heteroatoms. The topological polar surface area (TPSA) is 68.5 Å². The van der Waals surface area contributed by atoms with Crippen LogP contribution in [0.2, 0.25) is 0 Å². The zero-order valence-corrected chi connectivity index (χ0v) is 12.6. The maximum absolute atomic E-state index is 13.7. The molecule has 0 bridgehead atoms. The summed E-state index contributed by atoms with van der Waals surface area (Å²) in [7, 11) is 0. The monoisotopic (exact) mass is 315 g/mol. The van der Waals surface area contributed by atoms with Gasteiger partial charge in [-0.3, -0.25) is 9.69 Å². The number of nitrogens with two attached hydrogens (primary N) is 1. The minimum Gasteiger partial charge on any atom is -0.436 e. The van der Waals surface area contributed by atoms with Gasteiger partial charge < -0.3 is 10.5 Å². The first-order chi connectivity index (χ1) is 11.1. The fourth-order valence-corrected chi connectivity index (χ4v) is 2.86. The lowest BCUT2D eigenvalue weighted by Crippen LogP contribution is -2.33. The largest absolute Gasteiger partial charge is 0.436 e. The fraction of sp³-hybridized carbons (Fsp3) is 0.294. The van der Waals surface area contributed by atoms with Crippen molar-refractivity contribution in [3.05, 3.63) is 54.0 Å². The molecule has 1 aromatic carbocycles. The van der Waals surface area contributed by atoms with E-state index in [-0.39, 0.29) is 24.2 Å². The van der Waals surface area contributed by atoms with E-state index in [0.717, 1.165) is 25.1 Å². The van der Waals surface area contributed by atoms with Crippen molar-refractivity contribution in [2.45, 2.75) is 18.9 Å². The molecule has 5 nitrogen and oxygen atoms in total. The predicted octanol–water partition coefficient (Wildman–Crippen LogP) is 2.64. The Balaban J connectivity index is 1.80. The SMILES string of the molecule is NC(=O)CN1CCCC1c1cccc(Oc2ccccc2F)n1. The van der Waals surface area contributed by atoms with E-state index in [2.05, 4.69) is 4.98 Å². The van der Waals surface area contributed by atoms with Crippen molar-refractivity contribution in [1.82, 2.24) is 9.88 Å². The third kappa shape index (κ3) is 3.65. The van der Waals surface area contributed by atoms with E-state index in [1.165, 1.54) is 6.07 Å². The first-order valence-corrected chi connectivity index (χ1v) is 7.55. The van der Waals surface area contributed by atoms with Crippen molar-refractivity contribution in [2.75, 3.05) is 13.1 Å². The van der Waals surface area contributed by atoms with Crippen LogP contribution in [0.25, 0.3) is 0 Å². The van der Waals surface area contributed by atoms with E-state index >= 15 is 0 Å². The van der Waals surface area contributed by atoms with Crippen LogP contribution in [0, 0.1) is 5.82 Å². The number of hydrogen-bond acceptors (Lipinski definition) is 4. The molecule has 1 amide bonds. The molecule has 1 saturated heterocycles. The first-order valence-electron chi connectivity index (χ1n) is 7.55. The zero-order valence-electron chi connectivity index (χ0n) is 12.6. The Morgan fingerprint density at radius 2 is 2.13 bits per heavy atom. The van der Waals surface area contributed by atoms with Crippen LogP contribution in [0.4, 0.5) is 4.39 Å². The second-order valence-corrected chi connectivity index (χ2v) is 5.53. The van der Waals surface area contributed by atoms with Gasteiger partial charge in [0, 0.05) is 6.07 Å². The highest BCUT2D eigenvalue weighted by atomic mass is 19.1. The number of pyridine rings is 1. The summed E-state index contributed by atoms with van der Waals surface area (Å²) in [6.07, 6.45) is 1.89. The molecule has 1 unspecified atom stereocenters. The molecule has 2 heterocycles. The third-order valence-electron chi connectivity index (χ3n) is 3.86. The van der Waals surface area contributed by atoms with Crippen LogP contribution in [0.15, 0.2) is 42.5 Å². The molecule has 1 atom stereocenters. The van der Waals surface area contributed by atoms with Crippen molar-refractivity contribution < 1.29 is 13.9 Å². The van der Waals surface area contributed by atoms with Crippen molar-refractivity contribution in [1.29, 1.82) is 0 Å². The van der Waals surface area contributed by atoms with Gasteiger partial charge in [-0.25, -0.2) is 9.37 Å². The maximum Gasteiger partial charge on any atom is 0.231 e. The van der Waals surface area contributed by atoms with Gasteiger partial charge in [-0.2, -0.15) is 0 Å². The van der Waals surface area contributed by atoms with Crippen molar-refractivity contribution >= 4 is 5.91 Å². The number of halogens is 1. The van der Waals surface area contributed by atoms with Gasteiger partial charge in [-0.05, 0) is 37.6 Å². The second kappa shape index (κ2) is 6.75. The summed E-state index contributed by atoms with van der Waals surface area (Å²) in [4.78, 5) is 17.6. The number of nitrogens with zero attached hydrogens (tertiary/aromatic N) is 2. The van der Waals surface area contributed by atoms with E-state index in [0.29, 0.717) is 5.88 Å². The van der Waals surface area contributed by atoms with Crippen LogP contribution < -0.4 is 10.5 Å². The molecule has 0 spiro atoms. The van der Waals surface area contributed by atoms with Gasteiger partial charge in [0.25, 0.3) is 0 Å². The number of benzene rings is 1. The zero-order chi connectivity index (χ0) is 16.2. The van der Waals surface area contributed by atoms with Crippen LogP contribution >= 0.6 is 0 Å². The average molecular weight is 315 g/mol. The van der Waals surface area contributed by atoms with Gasteiger partial charge in [-0.15, -0.1) is 0 Å². The highest BCUT2D eigenvalue weighted by molar-refractivity contribution is 5.76. The molecule has 2 aromatic rings. The Bertz CT molecular complexity index is 708. The van der Waals surface area contributed by atoms with Crippen LogP contribution in [-0.2, 0) is 4.79 Å². The number of hydrogen-bond donors (Lipinski definition) is 1. The van der Waals surface area contributed by atoms with E-state index in [1.807, 2.05) is 17.0 Å². The molecule has 1 aliphatic rings. The summed E-state index contributed by atoms with van der Waals surface area (Å²) < 4.78 is 19.2. The highest BCUT2D eigenvalue weighted by Crippen LogP contribution is 2.32. The van der Waals surface area contributed by atoms with E-state index in [4.69, 9.17) is 10.5 Å². The average Bonchev–Trinajstić information content (AvgIpc) is 2.97. The predicted molar refractivity (Wildman–Crippen MR) is 83.5 cm³/mol. The molecule has 0 saturated carbocycles. The van der Waals surface area contributed by atoms with E-state index < -0.39 is 5.82 Å². The minimum absolute atomic E-state index is 0.0340. The molecule has 3 rings (SSSR count). The molecular formula is C17H18FN3O2. The highest BCUT2D eigenvalue weighted by Gasteiger charge is 2.28. The molecular weight excluding hydrogens is 297 g/mol. The van der Waals surface area contributed by atoms with Gasteiger partial charge >= 0.3 is 0 Å². The summed E-state index contributed by atoms with van der Waals surface area (Å²) >= 11 is 0. The molecule has 1 aliphatic heterocycles. The lowest BCUT2D eigenvalue weighted by Gasteiger charge is -2.22. The number of carbonyl (C=O) groups excluding carboxylic acids is 1. The quantitative estimate of drug-likeness (QED) is 0.921. The Morgan fingerprint density at radius 1 is 1.30 bits per heavy atom. The summed E-state index contributed by atoms with van der Waals surface area (Å²) in [5.74, 6) is -0.317. The third-order valence-corrected chi connectivity index (χ3v) is 3.86. The summed E-state index contributed by atoms with van der Waals surface area (Å²) in [5.41, 5.74) is 6.10. The fourth-order valence-electron chi connectivity index (χ4n) is 2.86. The Kier molecular flexibility index (Phi) is 4.52. The Hall–Kier alpha value is -2.47. The molecule has 1 aromatic heterocycles. The van der Waals surface area contributed by atoms with Crippen molar-refractivity contribution in [2.24, 2.45) is 5.73 Å². The molecule has 2 N–H and O–H groups in total. The van der Waals surface area contributed by atoms with Crippen LogP contribution in [-0.4, -0.2) is 28.9 Å². The normalized spacial score (nSPS) is 18.0. The smallest absolute Gasteiger partial charge is 0.231 e. The van der Waals surface area contributed by atoms with Crippen LogP contribution in [0.5, 0.6) is 11.6 Å². The van der Waals surface area contributed by atoms with E-state index in [9.17, 15) is 9.18 Å². The number of carbonyl (C=O) groups is 1. The lowest BCUT2D eigenvalue weighted by atomic mass is 10.1. The first kappa shape index (κ1) is 15.4. The number of para-hydroxylation sites is 1. The van der Waals surface area contributed by atoms with Gasteiger partial charge in [0.05, 0.1) is 18.3 Å². The maximum atomic E-state index is 13.7. The lowest BCUT2D eigenvalue weighted by molar-refractivity contribution is -0.119. The Morgan fingerprint density at radius 3 is 2.91 bits per heavy atom. The number of primary amides is 1.